The summed E-state index contributed by atoms with van der Waals surface area (Å²) in [4.78, 5) is 42.5. The number of piperidine rings is 1. The lowest BCUT2D eigenvalue weighted by Gasteiger charge is -2.61. The lowest BCUT2D eigenvalue weighted by molar-refractivity contribution is -0.189. The third-order valence-electron chi connectivity index (χ3n) is 11.7. The number of rotatable bonds is 4. The van der Waals surface area contributed by atoms with Crippen LogP contribution in [0.25, 0.3) is 0 Å². The van der Waals surface area contributed by atoms with E-state index in [0.717, 1.165) is 45.2 Å². The quantitative estimate of drug-likeness (QED) is 0.590. The van der Waals surface area contributed by atoms with Crippen molar-refractivity contribution in [3.63, 3.8) is 0 Å². The predicted molar refractivity (Wildman–Crippen MR) is 136 cm³/mol. The Labute approximate surface area is 219 Å². The minimum Gasteiger partial charge on any atom is -0.445 e. The fraction of sp³-hybridized carbons (Fsp3) is 0.828. The number of amides is 2. The molecule has 5 fully saturated rings. The van der Waals surface area contributed by atoms with Gasteiger partial charge >= 0.3 is 6.09 Å². The number of imide groups is 1. The van der Waals surface area contributed by atoms with Crippen molar-refractivity contribution in [2.75, 3.05) is 26.7 Å². The molecule has 2 amide bonds. The molecule has 5 rings (SSSR count). The first-order chi connectivity index (χ1) is 17.5. The van der Waals surface area contributed by atoms with Gasteiger partial charge in [0.25, 0.3) is 0 Å². The summed E-state index contributed by atoms with van der Waals surface area (Å²) in [6.07, 6.45) is 4.93. The van der Waals surface area contributed by atoms with Gasteiger partial charge < -0.3 is 14.4 Å². The molecule has 3 unspecified atom stereocenters. The highest BCUT2D eigenvalue weighted by atomic mass is 19.1. The Hall–Kier alpha value is -1.80. The number of alkyl carbamates (subject to hydrolysis) is 1. The minimum atomic E-state index is -1.12. The minimum absolute atomic E-state index is 0.0125. The predicted octanol–water partition coefficient (Wildman–Crippen LogP) is 4.51. The second kappa shape index (κ2) is 9.44. The molecule has 2 aliphatic heterocycles. The maximum atomic E-state index is 14.0. The van der Waals surface area contributed by atoms with Crippen molar-refractivity contribution < 1.29 is 28.2 Å². The van der Waals surface area contributed by atoms with Crippen LogP contribution in [0.4, 0.5) is 9.18 Å². The van der Waals surface area contributed by atoms with Gasteiger partial charge in [-0.25, -0.2) is 9.18 Å². The number of ether oxygens (including phenoxy) is 2. The van der Waals surface area contributed by atoms with E-state index in [-0.39, 0.29) is 59.2 Å². The number of nitrogens with one attached hydrogen (secondary N) is 1. The van der Waals surface area contributed by atoms with E-state index in [9.17, 15) is 18.8 Å². The van der Waals surface area contributed by atoms with E-state index in [1.165, 1.54) is 6.08 Å². The van der Waals surface area contributed by atoms with Crippen LogP contribution in [0.1, 0.15) is 66.2 Å². The van der Waals surface area contributed by atoms with Crippen LogP contribution in [0.3, 0.4) is 0 Å². The van der Waals surface area contributed by atoms with Crippen molar-refractivity contribution in [3.05, 3.63) is 12.4 Å². The number of halogens is 1. The zero-order chi connectivity index (χ0) is 26.8. The topological polar surface area (TPSA) is 84.9 Å². The third-order valence-corrected chi connectivity index (χ3v) is 11.7. The summed E-state index contributed by atoms with van der Waals surface area (Å²) in [7, 11) is 1.72. The van der Waals surface area contributed by atoms with Crippen LogP contribution in [0.15, 0.2) is 12.4 Å². The van der Waals surface area contributed by atoms with E-state index >= 15 is 0 Å². The Bertz CT molecular complexity index is 987. The van der Waals surface area contributed by atoms with Crippen molar-refractivity contribution in [3.8, 4) is 0 Å². The third kappa shape index (κ3) is 4.00. The largest absolute Gasteiger partial charge is 0.445 e. The zero-order valence-electron chi connectivity index (χ0n) is 22.9. The van der Waals surface area contributed by atoms with Crippen molar-refractivity contribution in [2.24, 2.45) is 45.8 Å². The lowest BCUT2D eigenvalue weighted by atomic mass is 9.44. The van der Waals surface area contributed by atoms with Crippen LogP contribution >= 0.6 is 0 Å². The fourth-order valence-electron chi connectivity index (χ4n) is 9.33. The molecule has 0 aromatic carbocycles. The Morgan fingerprint density at radius 3 is 2.49 bits per heavy atom. The van der Waals surface area contributed by atoms with Crippen molar-refractivity contribution in [1.29, 1.82) is 0 Å². The molecule has 3 aliphatic carbocycles. The Kier molecular flexibility index (Phi) is 6.83. The summed E-state index contributed by atoms with van der Waals surface area (Å²) in [5, 5.41) is 2.52. The van der Waals surface area contributed by atoms with Gasteiger partial charge in [-0.2, -0.15) is 0 Å². The Morgan fingerprint density at radius 1 is 1.14 bits per heavy atom. The SMILES string of the molecule is CO[C@@H]1CCC23CC[C@@H](C)[C@](C)(C12)[C@H](OC(=O)NC(=O)[C@H]1CN2CC[C@@H]1C2)C[C@@](C)(/C=C/F)C(=O)[C@@H]3C. The highest BCUT2D eigenvalue weighted by Crippen LogP contribution is 2.68. The van der Waals surface area contributed by atoms with E-state index < -0.39 is 23.0 Å². The molecule has 206 valence electrons. The molecule has 7 nitrogen and oxygen atoms in total. The summed E-state index contributed by atoms with van der Waals surface area (Å²) in [6.45, 7) is 10.7. The number of carbonyl (C=O) groups is 3. The first-order valence-electron chi connectivity index (χ1n) is 14.1. The van der Waals surface area contributed by atoms with E-state index in [1.54, 1.807) is 14.0 Å². The van der Waals surface area contributed by atoms with Crippen LogP contribution in [0.5, 0.6) is 0 Å². The van der Waals surface area contributed by atoms with Gasteiger partial charge in [0, 0.05) is 43.9 Å². The van der Waals surface area contributed by atoms with Gasteiger partial charge in [-0.05, 0) is 68.9 Å². The van der Waals surface area contributed by atoms with Crippen molar-refractivity contribution in [2.45, 2.75) is 78.4 Å². The van der Waals surface area contributed by atoms with E-state index in [1.807, 2.05) is 6.92 Å². The molecular formula is C29H43FN2O5. The van der Waals surface area contributed by atoms with Gasteiger partial charge in [0.1, 0.15) is 11.9 Å². The summed E-state index contributed by atoms with van der Waals surface area (Å²) < 4.78 is 25.9. The highest BCUT2D eigenvalue weighted by Gasteiger charge is 2.68. The van der Waals surface area contributed by atoms with Gasteiger partial charge in [0.05, 0.1) is 23.8 Å². The standard InChI is InChI=1S/C29H43FN2O5/c1-17-6-9-29-10-7-21(36-5)23(29)28(17,4)22(14-27(3,11-12-30)24(33)18(29)2)37-26(35)31-25(34)20-16-32-13-8-19(20)15-32/h11-12,17-23H,6-10,13-16H2,1-5H3,(H,31,34,35)/b12-11+/t17-,18+,19-,20+,21-,22-,23?,27-,28+,29?/m1/s1. The molecule has 3 saturated carbocycles. The monoisotopic (exact) mass is 518 g/mol. The molecule has 37 heavy (non-hydrogen) atoms. The van der Waals surface area contributed by atoms with Crippen LogP contribution < -0.4 is 5.32 Å². The van der Waals surface area contributed by atoms with Gasteiger partial charge in [-0.15, -0.1) is 0 Å². The number of allylic oxidation sites excluding steroid dienone is 1. The molecule has 8 heteroatoms. The van der Waals surface area contributed by atoms with Crippen molar-refractivity contribution in [1.82, 2.24) is 10.2 Å². The second-order valence-electron chi connectivity index (χ2n) is 13.1. The normalized spacial score (nSPS) is 49.0. The van der Waals surface area contributed by atoms with Crippen LogP contribution in [-0.2, 0) is 19.1 Å². The zero-order valence-corrected chi connectivity index (χ0v) is 22.9. The number of carbonyl (C=O) groups excluding carboxylic acids is 3. The average Bonchev–Trinajstić information content (AvgIpc) is 3.59. The highest BCUT2D eigenvalue weighted by molar-refractivity contribution is 5.94. The first kappa shape index (κ1) is 26.8. The molecule has 2 heterocycles. The number of fused-ring (bicyclic) bond motifs is 2. The molecule has 0 aromatic heterocycles. The average molecular weight is 519 g/mol. The molecule has 0 aromatic rings. The molecule has 4 bridgehead atoms. The summed E-state index contributed by atoms with van der Waals surface area (Å²) in [6, 6.07) is 0. The second-order valence-corrected chi connectivity index (χ2v) is 13.1. The molecule has 0 radical (unpaired) electrons. The molecule has 1 N–H and O–H groups in total. The van der Waals surface area contributed by atoms with Gasteiger partial charge in [-0.3, -0.25) is 14.9 Å². The molecule has 5 aliphatic rings. The maximum absolute atomic E-state index is 14.0. The number of hydrogen-bond acceptors (Lipinski definition) is 6. The number of ketones is 1. The van der Waals surface area contributed by atoms with E-state index in [4.69, 9.17) is 9.47 Å². The fourth-order valence-corrected chi connectivity index (χ4v) is 9.33. The Morgan fingerprint density at radius 2 is 1.86 bits per heavy atom. The lowest BCUT2D eigenvalue weighted by Crippen LogP contribution is -2.63. The smallest absolute Gasteiger partial charge is 0.414 e. The molecule has 0 spiro atoms. The first-order valence-corrected chi connectivity index (χ1v) is 14.1. The van der Waals surface area contributed by atoms with Crippen molar-refractivity contribution >= 4 is 17.8 Å². The summed E-state index contributed by atoms with van der Waals surface area (Å²) in [5.74, 6) is -0.290. The van der Waals surface area contributed by atoms with Crippen LogP contribution in [-0.4, -0.2) is 61.6 Å². The summed E-state index contributed by atoms with van der Waals surface area (Å²) in [5.41, 5.74) is -1.92. The van der Waals surface area contributed by atoms with Crippen LogP contribution in [0.2, 0.25) is 0 Å². The van der Waals surface area contributed by atoms with Gasteiger partial charge in [0.15, 0.2) is 0 Å². The summed E-state index contributed by atoms with van der Waals surface area (Å²) >= 11 is 0. The molecule has 11 atom stereocenters. The van der Waals surface area contributed by atoms with E-state index in [2.05, 4.69) is 24.1 Å². The Balaban J connectivity index is 1.49. The molecule has 2 saturated heterocycles. The van der Waals surface area contributed by atoms with Crippen LogP contribution in [0, 0.1) is 45.8 Å². The van der Waals surface area contributed by atoms with E-state index in [0.29, 0.717) is 12.9 Å². The number of Topliss-reactive ketones (excluding diaryl/α,β-unsaturated/α-hetero) is 1. The van der Waals surface area contributed by atoms with Gasteiger partial charge in [-0.1, -0.05) is 20.8 Å². The number of methoxy groups -OCH3 is 1. The number of nitrogens with zero attached hydrogens (tertiary/aromatic N) is 1. The maximum Gasteiger partial charge on any atom is 0.414 e. The number of hydrogen-bond donors (Lipinski definition) is 1. The molecular weight excluding hydrogens is 475 g/mol. The van der Waals surface area contributed by atoms with Gasteiger partial charge in [0.2, 0.25) is 5.91 Å².